The van der Waals surface area contributed by atoms with Gasteiger partial charge >= 0.3 is 0 Å². The van der Waals surface area contributed by atoms with Crippen LogP contribution < -0.4 is 16.6 Å². The van der Waals surface area contributed by atoms with Crippen molar-refractivity contribution >= 4 is 5.96 Å². The standard InChI is InChI=1S/C6H14N4/c1-8-6(10-7)9-4-5-2-3-5/h5H,2-4,7H2,1H3,(H2,8,9,10). The molecule has 0 aliphatic heterocycles. The molecule has 0 bridgehead atoms. The van der Waals surface area contributed by atoms with E-state index in [1.54, 1.807) is 7.05 Å². The normalized spacial score (nSPS) is 18.8. The number of rotatable bonds is 2. The minimum Gasteiger partial charge on any atom is -0.355 e. The zero-order valence-corrected chi connectivity index (χ0v) is 6.22. The monoisotopic (exact) mass is 142 g/mol. The summed E-state index contributed by atoms with van der Waals surface area (Å²) < 4.78 is 0. The van der Waals surface area contributed by atoms with Crippen molar-refractivity contribution in [1.82, 2.24) is 10.7 Å². The highest BCUT2D eigenvalue weighted by molar-refractivity contribution is 5.78. The van der Waals surface area contributed by atoms with E-state index in [4.69, 9.17) is 5.84 Å². The van der Waals surface area contributed by atoms with Gasteiger partial charge in [-0.2, -0.15) is 0 Å². The second-order valence-electron chi connectivity index (χ2n) is 2.54. The zero-order valence-electron chi connectivity index (χ0n) is 6.22. The van der Waals surface area contributed by atoms with Crippen LogP contribution in [0.15, 0.2) is 4.99 Å². The third-order valence-electron chi connectivity index (χ3n) is 1.62. The van der Waals surface area contributed by atoms with Crippen molar-refractivity contribution in [2.45, 2.75) is 12.8 Å². The Hall–Kier alpha value is -0.770. The van der Waals surface area contributed by atoms with Crippen molar-refractivity contribution in [3.63, 3.8) is 0 Å². The average Bonchev–Trinajstić information content (AvgIpc) is 2.74. The summed E-state index contributed by atoms with van der Waals surface area (Å²) in [4.78, 5) is 3.88. The average molecular weight is 142 g/mol. The Morgan fingerprint density at radius 3 is 2.80 bits per heavy atom. The van der Waals surface area contributed by atoms with Gasteiger partial charge in [0.1, 0.15) is 0 Å². The first-order valence-corrected chi connectivity index (χ1v) is 3.54. The molecule has 0 spiro atoms. The van der Waals surface area contributed by atoms with Gasteiger partial charge in [-0.05, 0) is 18.8 Å². The minimum absolute atomic E-state index is 0.673. The molecule has 0 atom stereocenters. The maximum Gasteiger partial charge on any atom is 0.205 e. The molecule has 4 N–H and O–H groups in total. The summed E-state index contributed by atoms with van der Waals surface area (Å²) in [6, 6.07) is 0. The van der Waals surface area contributed by atoms with E-state index in [0.717, 1.165) is 12.5 Å². The van der Waals surface area contributed by atoms with Gasteiger partial charge in [0.25, 0.3) is 0 Å². The van der Waals surface area contributed by atoms with Crippen LogP contribution >= 0.6 is 0 Å². The largest absolute Gasteiger partial charge is 0.355 e. The van der Waals surface area contributed by atoms with E-state index in [9.17, 15) is 0 Å². The van der Waals surface area contributed by atoms with Crippen LogP contribution in [0.1, 0.15) is 12.8 Å². The Labute approximate surface area is 60.9 Å². The molecule has 0 aromatic carbocycles. The molecular formula is C6H14N4. The predicted octanol–water partition coefficient (Wildman–Crippen LogP) is -0.565. The first kappa shape index (κ1) is 7.34. The topological polar surface area (TPSA) is 62.4 Å². The number of guanidine groups is 1. The smallest absolute Gasteiger partial charge is 0.205 e. The van der Waals surface area contributed by atoms with Gasteiger partial charge in [-0.3, -0.25) is 10.4 Å². The quantitative estimate of drug-likeness (QED) is 0.209. The summed E-state index contributed by atoms with van der Waals surface area (Å²) in [5.74, 6) is 6.67. The summed E-state index contributed by atoms with van der Waals surface area (Å²) in [6.07, 6.45) is 2.68. The summed E-state index contributed by atoms with van der Waals surface area (Å²) in [5.41, 5.74) is 2.47. The molecule has 4 nitrogen and oxygen atoms in total. The Morgan fingerprint density at radius 1 is 1.70 bits per heavy atom. The first-order chi connectivity index (χ1) is 4.86. The lowest BCUT2D eigenvalue weighted by atomic mass is 10.4. The number of hydrazine groups is 1. The third-order valence-corrected chi connectivity index (χ3v) is 1.62. The van der Waals surface area contributed by atoms with Crippen molar-refractivity contribution in [1.29, 1.82) is 0 Å². The number of hydrogen-bond acceptors (Lipinski definition) is 2. The van der Waals surface area contributed by atoms with Gasteiger partial charge in [-0.15, -0.1) is 0 Å². The number of nitrogens with zero attached hydrogens (tertiary/aromatic N) is 1. The van der Waals surface area contributed by atoms with Gasteiger partial charge < -0.3 is 5.32 Å². The van der Waals surface area contributed by atoms with Crippen LogP contribution in [0.25, 0.3) is 0 Å². The van der Waals surface area contributed by atoms with Crippen LogP contribution in [0.4, 0.5) is 0 Å². The number of nitrogens with two attached hydrogens (primary N) is 1. The highest BCUT2D eigenvalue weighted by atomic mass is 15.3. The fourth-order valence-corrected chi connectivity index (χ4v) is 0.758. The Kier molecular flexibility index (Phi) is 2.50. The van der Waals surface area contributed by atoms with E-state index in [-0.39, 0.29) is 0 Å². The molecule has 1 fully saturated rings. The lowest BCUT2D eigenvalue weighted by molar-refractivity contribution is 0.746. The van der Waals surface area contributed by atoms with E-state index >= 15 is 0 Å². The number of nitrogens with one attached hydrogen (secondary N) is 2. The van der Waals surface area contributed by atoms with Gasteiger partial charge in [0.05, 0.1) is 0 Å². The molecule has 0 unspecified atom stereocenters. The molecule has 4 heteroatoms. The molecule has 1 aliphatic carbocycles. The fourth-order valence-electron chi connectivity index (χ4n) is 0.758. The van der Waals surface area contributed by atoms with Crippen LogP contribution in [0.3, 0.4) is 0 Å². The van der Waals surface area contributed by atoms with E-state index in [0.29, 0.717) is 5.96 Å². The molecule has 0 saturated heterocycles. The molecular weight excluding hydrogens is 128 g/mol. The van der Waals surface area contributed by atoms with Crippen LogP contribution in [-0.4, -0.2) is 19.6 Å². The number of aliphatic imine (C=N–C) groups is 1. The Morgan fingerprint density at radius 2 is 2.40 bits per heavy atom. The minimum atomic E-state index is 0.673. The number of hydrogen-bond donors (Lipinski definition) is 3. The lowest BCUT2D eigenvalue weighted by Gasteiger charge is -2.05. The van der Waals surface area contributed by atoms with Gasteiger partial charge in [0, 0.05) is 13.6 Å². The summed E-state index contributed by atoms with van der Waals surface area (Å²) in [5, 5.41) is 3.09. The molecule has 10 heavy (non-hydrogen) atoms. The van der Waals surface area contributed by atoms with Crippen molar-refractivity contribution in [3.8, 4) is 0 Å². The second kappa shape index (κ2) is 3.41. The van der Waals surface area contributed by atoms with E-state index in [1.165, 1.54) is 12.8 Å². The molecule has 0 aromatic rings. The van der Waals surface area contributed by atoms with Crippen molar-refractivity contribution in [3.05, 3.63) is 0 Å². The van der Waals surface area contributed by atoms with Crippen molar-refractivity contribution < 1.29 is 0 Å². The van der Waals surface area contributed by atoms with Crippen molar-refractivity contribution in [2.24, 2.45) is 16.8 Å². The summed E-state index contributed by atoms with van der Waals surface area (Å²) in [7, 11) is 1.70. The molecule has 0 heterocycles. The molecule has 1 saturated carbocycles. The van der Waals surface area contributed by atoms with Crippen LogP contribution in [0, 0.1) is 5.92 Å². The fraction of sp³-hybridized carbons (Fsp3) is 0.833. The van der Waals surface area contributed by atoms with E-state index in [2.05, 4.69) is 15.7 Å². The van der Waals surface area contributed by atoms with Gasteiger partial charge in [-0.1, -0.05) is 0 Å². The highest BCUT2D eigenvalue weighted by Gasteiger charge is 2.20. The third kappa shape index (κ3) is 2.23. The second-order valence-corrected chi connectivity index (χ2v) is 2.54. The first-order valence-electron chi connectivity index (χ1n) is 3.54. The predicted molar refractivity (Wildman–Crippen MR) is 41.4 cm³/mol. The molecule has 1 rings (SSSR count). The SMILES string of the molecule is CN=C(NN)NCC1CC1. The van der Waals surface area contributed by atoms with E-state index in [1.807, 2.05) is 0 Å². The van der Waals surface area contributed by atoms with Gasteiger partial charge in [0.2, 0.25) is 5.96 Å². The lowest BCUT2D eigenvalue weighted by Crippen LogP contribution is -2.42. The molecule has 0 amide bonds. The molecule has 0 aromatic heterocycles. The van der Waals surface area contributed by atoms with Gasteiger partial charge in [-0.25, -0.2) is 5.84 Å². The van der Waals surface area contributed by atoms with E-state index < -0.39 is 0 Å². The zero-order chi connectivity index (χ0) is 7.40. The van der Waals surface area contributed by atoms with Crippen LogP contribution in [-0.2, 0) is 0 Å². The summed E-state index contributed by atoms with van der Waals surface area (Å²) >= 11 is 0. The summed E-state index contributed by atoms with van der Waals surface area (Å²) in [6.45, 7) is 0.997. The Balaban J connectivity index is 2.08. The molecule has 0 radical (unpaired) electrons. The highest BCUT2D eigenvalue weighted by Crippen LogP contribution is 2.27. The Bertz CT molecular complexity index is 128. The van der Waals surface area contributed by atoms with Crippen molar-refractivity contribution in [2.75, 3.05) is 13.6 Å². The maximum absolute atomic E-state index is 5.15. The van der Waals surface area contributed by atoms with Crippen LogP contribution in [0.2, 0.25) is 0 Å². The molecule has 58 valence electrons. The van der Waals surface area contributed by atoms with Crippen LogP contribution in [0.5, 0.6) is 0 Å². The maximum atomic E-state index is 5.15. The van der Waals surface area contributed by atoms with Gasteiger partial charge in [0.15, 0.2) is 0 Å². The molecule has 1 aliphatic rings.